The van der Waals surface area contributed by atoms with E-state index in [0.29, 0.717) is 0 Å². The molecule has 0 rings (SSSR count). The van der Waals surface area contributed by atoms with E-state index in [1.807, 2.05) is 0 Å². The third-order valence-electron chi connectivity index (χ3n) is 3.99. The Morgan fingerprint density at radius 1 is 0.958 bits per heavy atom. The Bertz CT molecular complexity index is 421. The van der Waals surface area contributed by atoms with E-state index in [9.17, 15) is 13.2 Å². The maximum atomic E-state index is 11.7. The number of esters is 1. The first-order valence-electron chi connectivity index (χ1n) is 9.12. The largest absolute Gasteiger partial charge is 0.463 e. The summed E-state index contributed by atoms with van der Waals surface area (Å²) in [5, 5.41) is 0. The van der Waals surface area contributed by atoms with Gasteiger partial charge in [0.25, 0.3) is 0 Å². The van der Waals surface area contributed by atoms with Crippen molar-refractivity contribution in [3.63, 3.8) is 0 Å². The summed E-state index contributed by atoms with van der Waals surface area (Å²) in [7, 11) is -4.65. The Hall–Kier alpha value is -0.660. The Balaban J connectivity index is 4.14. The quantitative estimate of drug-likeness (QED) is 0.264. The SMILES string of the molecule is CCCCCCCCC(CCCC)COC(=O)C(C)OS(=O)(=O)O. The van der Waals surface area contributed by atoms with Crippen LogP contribution in [0.1, 0.15) is 85.0 Å². The van der Waals surface area contributed by atoms with Gasteiger partial charge in [-0.15, -0.1) is 0 Å². The van der Waals surface area contributed by atoms with Crippen molar-refractivity contribution in [3.8, 4) is 0 Å². The van der Waals surface area contributed by atoms with Crippen LogP contribution in [0.3, 0.4) is 0 Å². The lowest BCUT2D eigenvalue weighted by atomic mass is 9.96. The van der Waals surface area contributed by atoms with Gasteiger partial charge < -0.3 is 4.74 Å². The van der Waals surface area contributed by atoms with Gasteiger partial charge in [0.1, 0.15) is 0 Å². The van der Waals surface area contributed by atoms with Crippen LogP contribution < -0.4 is 0 Å². The highest BCUT2D eigenvalue weighted by atomic mass is 32.3. The zero-order valence-electron chi connectivity index (χ0n) is 15.3. The van der Waals surface area contributed by atoms with Gasteiger partial charge >= 0.3 is 16.4 Å². The average Bonchev–Trinajstić information content (AvgIpc) is 2.50. The van der Waals surface area contributed by atoms with E-state index in [2.05, 4.69) is 18.0 Å². The first-order valence-corrected chi connectivity index (χ1v) is 10.5. The average molecular weight is 367 g/mol. The summed E-state index contributed by atoms with van der Waals surface area (Å²) in [5.41, 5.74) is 0. The molecule has 0 heterocycles. The third-order valence-corrected chi connectivity index (χ3v) is 4.52. The highest BCUT2D eigenvalue weighted by molar-refractivity contribution is 7.80. The van der Waals surface area contributed by atoms with Crippen LogP contribution in [0.5, 0.6) is 0 Å². The van der Waals surface area contributed by atoms with Crippen LogP contribution >= 0.6 is 0 Å². The van der Waals surface area contributed by atoms with Gasteiger partial charge in [0.05, 0.1) is 6.61 Å². The number of carbonyl (C=O) groups excluding carboxylic acids is 1. The molecule has 1 N–H and O–H groups in total. The van der Waals surface area contributed by atoms with Crippen LogP contribution in [-0.4, -0.2) is 31.7 Å². The number of carbonyl (C=O) groups is 1. The second-order valence-corrected chi connectivity index (χ2v) is 7.41. The molecular formula is C17H34O6S. The summed E-state index contributed by atoms with van der Waals surface area (Å²) in [6.45, 7) is 5.83. The van der Waals surface area contributed by atoms with Crippen molar-refractivity contribution in [1.29, 1.82) is 0 Å². The van der Waals surface area contributed by atoms with Crippen LogP contribution in [0.15, 0.2) is 0 Å². The van der Waals surface area contributed by atoms with Gasteiger partial charge in [-0.05, 0) is 25.7 Å². The Labute approximate surface area is 147 Å². The van der Waals surface area contributed by atoms with Crippen molar-refractivity contribution in [1.82, 2.24) is 0 Å². The van der Waals surface area contributed by atoms with Crippen LogP contribution in [0.4, 0.5) is 0 Å². The lowest BCUT2D eigenvalue weighted by molar-refractivity contribution is -0.152. The zero-order valence-corrected chi connectivity index (χ0v) is 16.1. The molecule has 0 aromatic carbocycles. The van der Waals surface area contributed by atoms with Crippen molar-refractivity contribution in [2.24, 2.45) is 5.92 Å². The number of ether oxygens (including phenoxy) is 1. The standard InChI is InChI=1S/C17H34O6S/c1-4-6-8-9-10-11-13-16(12-7-5-2)14-22-17(18)15(3)23-24(19,20)21/h15-16H,4-14H2,1-3H3,(H,19,20,21). The fraction of sp³-hybridized carbons (Fsp3) is 0.941. The maximum Gasteiger partial charge on any atom is 0.398 e. The molecule has 144 valence electrons. The molecule has 0 amide bonds. The molecule has 24 heavy (non-hydrogen) atoms. The summed E-state index contributed by atoms with van der Waals surface area (Å²) < 4.78 is 39.1. The lowest BCUT2D eigenvalue weighted by Crippen LogP contribution is -2.27. The summed E-state index contributed by atoms with van der Waals surface area (Å²) in [5.74, 6) is -0.477. The number of hydrogen-bond donors (Lipinski definition) is 1. The molecule has 2 unspecified atom stereocenters. The molecule has 2 atom stereocenters. The topological polar surface area (TPSA) is 89.9 Å². The van der Waals surface area contributed by atoms with E-state index in [4.69, 9.17) is 9.29 Å². The number of unbranched alkanes of at least 4 members (excludes halogenated alkanes) is 6. The molecule has 0 aliphatic carbocycles. The van der Waals surface area contributed by atoms with Crippen molar-refractivity contribution < 1.29 is 26.7 Å². The Morgan fingerprint density at radius 3 is 2.08 bits per heavy atom. The van der Waals surface area contributed by atoms with Crippen LogP contribution in [0.25, 0.3) is 0 Å². The molecule has 0 bridgehead atoms. The Morgan fingerprint density at radius 2 is 1.50 bits per heavy atom. The van der Waals surface area contributed by atoms with Gasteiger partial charge in [-0.25, -0.2) is 8.98 Å². The molecular weight excluding hydrogens is 332 g/mol. The third kappa shape index (κ3) is 13.7. The maximum absolute atomic E-state index is 11.7. The molecule has 0 aliphatic rings. The number of hydrogen-bond acceptors (Lipinski definition) is 5. The summed E-state index contributed by atoms with van der Waals surface area (Å²) in [6.07, 6.45) is 10.2. The zero-order chi connectivity index (χ0) is 18.4. The summed E-state index contributed by atoms with van der Waals surface area (Å²) in [4.78, 5) is 11.7. The second kappa shape index (κ2) is 13.6. The minimum atomic E-state index is -4.65. The van der Waals surface area contributed by atoms with Gasteiger partial charge in [-0.3, -0.25) is 4.55 Å². The van der Waals surface area contributed by atoms with Gasteiger partial charge in [0.2, 0.25) is 0 Å². The van der Waals surface area contributed by atoms with Gasteiger partial charge in [0, 0.05) is 0 Å². The van der Waals surface area contributed by atoms with Crippen molar-refractivity contribution in [2.45, 2.75) is 91.1 Å². The molecule has 6 nitrogen and oxygen atoms in total. The first-order chi connectivity index (χ1) is 11.3. The smallest absolute Gasteiger partial charge is 0.398 e. The van der Waals surface area contributed by atoms with Crippen LogP contribution in [-0.2, 0) is 24.1 Å². The fourth-order valence-corrected chi connectivity index (χ4v) is 3.00. The molecule has 0 saturated heterocycles. The van der Waals surface area contributed by atoms with E-state index < -0.39 is 22.5 Å². The second-order valence-electron chi connectivity index (χ2n) is 6.36. The lowest BCUT2D eigenvalue weighted by Gasteiger charge is -2.18. The van der Waals surface area contributed by atoms with E-state index in [1.165, 1.54) is 39.0 Å². The highest BCUT2D eigenvalue weighted by Crippen LogP contribution is 2.19. The molecule has 0 aromatic heterocycles. The van der Waals surface area contributed by atoms with Crippen LogP contribution in [0, 0.1) is 5.92 Å². The first kappa shape index (κ1) is 23.3. The molecule has 7 heteroatoms. The molecule has 0 fully saturated rings. The Kier molecular flexibility index (Phi) is 13.2. The van der Waals surface area contributed by atoms with E-state index in [-0.39, 0.29) is 12.5 Å². The predicted octanol–water partition coefficient (Wildman–Crippen LogP) is 4.29. The summed E-state index contributed by atoms with van der Waals surface area (Å²) >= 11 is 0. The van der Waals surface area contributed by atoms with E-state index >= 15 is 0 Å². The van der Waals surface area contributed by atoms with Crippen molar-refractivity contribution >= 4 is 16.4 Å². The molecule has 0 saturated carbocycles. The minimum absolute atomic E-state index is 0.271. The van der Waals surface area contributed by atoms with Gasteiger partial charge in [-0.2, -0.15) is 8.42 Å². The monoisotopic (exact) mass is 366 g/mol. The van der Waals surface area contributed by atoms with E-state index in [0.717, 1.165) is 32.1 Å². The minimum Gasteiger partial charge on any atom is -0.463 e. The summed E-state index contributed by atoms with van der Waals surface area (Å²) in [6, 6.07) is 0. The normalized spacial score (nSPS) is 14.3. The van der Waals surface area contributed by atoms with Crippen LogP contribution in [0.2, 0.25) is 0 Å². The molecule has 0 spiro atoms. The van der Waals surface area contributed by atoms with E-state index in [1.54, 1.807) is 0 Å². The predicted molar refractivity (Wildman–Crippen MR) is 94.1 cm³/mol. The van der Waals surface area contributed by atoms with Crippen molar-refractivity contribution in [2.75, 3.05) is 6.61 Å². The number of rotatable bonds is 15. The van der Waals surface area contributed by atoms with Crippen molar-refractivity contribution in [3.05, 3.63) is 0 Å². The molecule has 0 aliphatic heterocycles. The highest BCUT2D eigenvalue weighted by Gasteiger charge is 2.22. The van der Waals surface area contributed by atoms with Gasteiger partial charge in [-0.1, -0.05) is 65.2 Å². The molecule has 0 radical (unpaired) electrons. The molecule has 0 aromatic rings. The fourth-order valence-electron chi connectivity index (χ4n) is 2.56. The van der Waals surface area contributed by atoms with Gasteiger partial charge in [0.15, 0.2) is 6.10 Å².